The van der Waals surface area contributed by atoms with Gasteiger partial charge in [0.05, 0.1) is 19.3 Å². The molecule has 1 saturated heterocycles. The largest absolute Gasteiger partial charge is 0.495 e. The summed E-state index contributed by atoms with van der Waals surface area (Å²) in [5, 5.41) is 3.00. The third-order valence-electron chi connectivity index (χ3n) is 6.12. The van der Waals surface area contributed by atoms with E-state index >= 15 is 0 Å². The van der Waals surface area contributed by atoms with E-state index in [1.54, 1.807) is 13.3 Å². The lowest BCUT2D eigenvalue weighted by Gasteiger charge is -2.34. The lowest BCUT2D eigenvalue weighted by molar-refractivity contribution is 0.140. The molecule has 2 aromatic carbocycles. The molecule has 1 aliphatic rings. The monoisotopic (exact) mass is 456 g/mol. The first-order valence-corrected chi connectivity index (χ1v) is 11.4. The van der Waals surface area contributed by atoms with Crippen molar-refractivity contribution < 1.29 is 9.53 Å². The normalized spacial score (nSPS) is 14.4. The molecule has 8 heteroatoms. The molecule has 8 nitrogen and oxygen atoms in total. The smallest absolute Gasteiger partial charge is 0.322 e. The molecule has 4 aromatic rings. The van der Waals surface area contributed by atoms with Crippen LogP contribution in [0.2, 0.25) is 0 Å². The Morgan fingerprint density at radius 3 is 2.59 bits per heavy atom. The van der Waals surface area contributed by atoms with Gasteiger partial charge in [0.1, 0.15) is 17.1 Å². The maximum absolute atomic E-state index is 12.9. The Balaban J connectivity index is 1.28. The number of imidazole rings is 1. The van der Waals surface area contributed by atoms with Gasteiger partial charge in [-0.1, -0.05) is 24.3 Å². The predicted octanol–water partition coefficient (Wildman–Crippen LogP) is 4.09. The highest BCUT2D eigenvalue weighted by molar-refractivity contribution is 5.91. The van der Waals surface area contributed by atoms with Crippen molar-refractivity contribution in [2.45, 2.75) is 13.5 Å². The molecule has 0 radical (unpaired) electrons. The van der Waals surface area contributed by atoms with Gasteiger partial charge in [-0.15, -0.1) is 0 Å². The molecule has 2 amide bonds. The van der Waals surface area contributed by atoms with Crippen LogP contribution in [-0.2, 0) is 6.54 Å². The number of carbonyl (C=O) groups is 1. The Hall–Kier alpha value is -3.91. The van der Waals surface area contributed by atoms with Crippen molar-refractivity contribution in [3.63, 3.8) is 0 Å². The van der Waals surface area contributed by atoms with E-state index in [9.17, 15) is 4.79 Å². The fourth-order valence-corrected chi connectivity index (χ4v) is 4.34. The number of rotatable bonds is 5. The molecule has 0 atom stereocenters. The molecule has 0 aliphatic carbocycles. The molecule has 5 rings (SSSR count). The second kappa shape index (κ2) is 9.52. The van der Waals surface area contributed by atoms with E-state index in [1.165, 1.54) is 0 Å². The Bertz CT molecular complexity index is 1300. The minimum Gasteiger partial charge on any atom is -0.495 e. The number of ether oxygens (including phenoxy) is 1. The zero-order valence-corrected chi connectivity index (χ0v) is 19.4. The molecule has 0 bridgehead atoms. The van der Waals surface area contributed by atoms with Crippen LogP contribution >= 0.6 is 0 Å². The highest BCUT2D eigenvalue weighted by Gasteiger charge is 2.24. The predicted molar refractivity (Wildman–Crippen MR) is 132 cm³/mol. The van der Waals surface area contributed by atoms with Crippen molar-refractivity contribution in [2.75, 3.05) is 38.6 Å². The number of pyridine rings is 1. The number of hydrogen-bond donors (Lipinski definition) is 1. The molecular weight excluding hydrogens is 428 g/mol. The van der Waals surface area contributed by atoms with Gasteiger partial charge in [0.15, 0.2) is 5.65 Å². The number of nitrogens with zero attached hydrogens (tertiary/aromatic N) is 5. The number of benzene rings is 2. The van der Waals surface area contributed by atoms with Crippen molar-refractivity contribution in [3.05, 3.63) is 78.2 Å². The van der Waals surface area contributed by atoms with Crippen LogP contribution in [0.15, 0.2) is 66.9 Å². The van der Waals surface area contributed by atoms with Crippen molar-refractivity contribution in [1.82, 2.24) is 24.3 Å². The van der Waals surface area contributed by atoms with E-state index in [2.05, 4.69) is 31.9 Å². The Kier molecular flexibility index (Phi) is 6.14. The van der Waals surface area contributed by atoms with Crippen molar-refractivity contribution in [3.8, 4) is 11.4 Å². The number of para-hydroxylation sites is 1. The number of urea groups is 1. The summed E-state index contributed by atoms with van der Waals surface area (Å²) in [4.78, 5) is 26.5. The number of aromatic nitrogens is 3. The molecule has 0 unspecified atom stereocenters. The summed E-state index contributed by atoms with van der Waals surface area (Å²) in [6.45, 7) is 5.50. The summed E-state index contributed by atoms with van der Waals surface area (Å²) in [5.41, 5.74) is 4.54. The summed E-state index contributed by atoms with van der Waals surface area (Å²) >= 11 is 0. The lowest BCUT2D eigenvalue weighted by atomic mass is 10.2. The molecule has 34 heavy (non-hydrogen) atoms. The summed E-state index contributed by atoms with van der Waals surface area (Å²) in [7, 11) is 1.61. The van der Waals surface area contributed by atoms with E-state index in [-0.39, 0.29) is 6.03 Å². The minimum atomic E-state index is -0.107. The zero-order valence-electron chi connectivity index (χ0n) is 19.4. The average molecular weight is 457 g/mol. The van der Waals surface area contributed by atoms with Gasteiger partial charge < -0.3 is 15.0 Å². The first-order chi connectivity index (χ1) is 16.6. The van der Waals surface area contributed by atoms with E-state index in [4.69, 9.17) is 9.72 Å². The molecule has 1 fully saturated rings. The number of hydrogen-bond acceptors (Lipinski definition) is 5. The Morgan fingerprint density at radius 2 is 1.82 bits per heavy atom. The molecular formula is C26H28N6O2. The van der Waals surface area contributed by atoms with Gasteiger partial charge in [-0.25, -0.2) is 14.8 Å². The van der Waals surface area contributed by atoms with Crippen molar-refractivity contribution in [1.29, 1.82) is 0 Å². The molecule has 1 N–H and O–H groups in total. The highest BCUT2D eigenvalue weighted by Crippen LogP contribution is 2.26. The van der Waals surface area contributed by atoms with Crippen LogP contribution in [0, 0.1) is 6.92 Å². The van der Waals surface area contributed by atoms with E-state index < -0.39 is 0 Å². The fraction of sp³-hybridized carbons (Fsp3) is 0.269. The number of carbonyl (C=O) groups excluding carboxylic acids is 1. The first kappa shape index (κ1) is 21.9. The van der Waals surface area contributed by atoms with E-state index in [1.807, 2.05) is 60.4 Å². The van der Waals surface area contributed by atoms with E-state index in [0.29, 0.717) is 31.1 Å². The SMILES string of the molecule is COc1ccc(C)cc1NC(=O)N1CCN(Cc2nc3cccnc3n2-c2ccccc2)CC1. The summed E-state index contributed by atoms with van der Waals surface area (Å²) < 4.78 is 7.51. The van der Waals surface area contributed by atoms with Gasteiger partial charge in [-0.05, 0) is 48.9 Å². The molecule has 174 valence electrons. The van der Waals surface area contributed by atoms with Crippen LogP contribution < -0.4 is 10.1 Å². The topological polar surface area (TPSA) is 75.5 Å². The molecule has 0 spiro atoms. The second-order valence-corrected chi connectivity index (χ2v) is 8.44. The number of piperazine rings is 1. The molecule has 3 heterocycles. The van der Waals surface area contributed by atoms with Gasteiger partial charge in [0.25, 0.3) is 0 Å². The molecule has 0 saturated carbocycles. The fourth-order valence-electron chi connectivity index (χ4n) is 4.34. The summed E-state index contributed by atoms with van der Waals surface area (Å²) in [6.07, 6.45) is 1.80. The number of fused-ring (bicyclic) bond motifs is 1. The quantitative estimate of drug-likeness (QED) is 0.490. The molecule has 2 aromatic heterocycles. The van der Waals surface area contributed by atoms with Crippen LogP contribution in [0.5, 0.6) is 5.75 Å². The Labute approximate surface area is 198 Å². The number of nitrogens with one attached hydrogen (secondary N) is 1. The van der Waals surface area contributed by atoms with Crippen molar-refractivity contribution >= 4 is 22.9 Å². The standard InChI is InChI=1S/C26H28N6O2/c1-19-10-11-23(34-2)22(17-19)29-26(33)31-15-13-30(14-16-31)18-24-28-21-9-6-12-27-25(21)32(24)20-7-4-3-5-8-20/h3-12,17H,13-16,18H2,1-2H3,(H,29,33). The summed E-state index contributed by atoms with van der Waals surface area (Å²) in [6, 6.07) is 19.8. The number of methoxy groups -OCH3 is 1. The van der Waals surface area contributed by atoms with Crippen LogP contribution in [0.3, 0.4) is 0 Å². The maximum Gasteiger partial charge on any atom is 0.322 e. The maximum atomic E-state index is 12.9. The first-order valence-electron chi connectivity index (χ1n) is 11.4. The van der Waals surface area contributed by atoms with Gasteiger partial charge in [-0.3, -0.25) is 9.47 Å². The number of aryl methyl sites for hydroxylation is 1. The summed E-state index contributed by atoms with van der Waals surface area (Å²) in [5.74, 6) is 1.60. The van der Waals surface area contributed by atoms with Crippen LogP contribution in [-0.4, -0.2) is 63.7 Å². The second-order valence-electron chi connectivity index (χ2n) is 8.44. The zero-order chi connectivity index (χ0) is 23.5. The van der Waals surface area contributed by atoms with Crippen LogP contribution in [0.4, 0.5) is 10.5 Å². The highest BCUT2D eigenvalue weighted by atomic mass is 16.5. The lowest BCUT2D eigenvalue weighted by Crippen LogP contribution is -2.49. The average Bonchev–Trinajstić information content (AvgIpc) is 3.23. The number of amides is 2. The van der Waals surface area contributed by atoms with Gasteiger partial charge in [0, 0.05) is 38.1 Å². The van der Waals surface area contributed by atoms with Crippen LogP contribution in [0.1, 0.15) is 11.4 Å². The number of anilines is 1. The Morgan fingerprint density at radius 1 is 1.03 bits per heavy atom. The van der Waals surface area contributed by atoms with Gasteiger partial charge in [-0.2, -0.15) is 0 Å². The third kappa shape index (κ3) is 4.45. The van der Waals surface area contributed by atoms with Crippen molar-refractivity contribution in [2.24, 2.45) is 0 Å². The van der Waals surface area contributed by atoms with Gasteiger partial charge in [0.2, 0.25) is 0 Å². The van der Waals surface area contributed by atoms with Gasteiger partial charge >= 0.3 is 6.03 Å². The van der Waals surface area contributed by atoms with Crippen LogP contribution in [0.25, 0.3) is 16.9 Å². The minimum absolute atomic E-state index is 0.107. The van der Waals surface area contributed by atoms with E-state index in [0.717, 1.165) is 41.3 Å². The molecule has 1 aliphatic heterocycles. The third-order valence-corrected chi connectivity index (χ3v) is 6.12.